The number of urea groups is 1. The van der Waals surface area contributed by atoms with Crippen molar-refractivity contribution >= 4 is 34.2 Å². The van der Waals surface area contributed by atoms with Gasteiger partial charge in [0, 0.05) is 36.4 Å². The maximum atomic E-state index is 12.9. The molecule has 3 amide bonds. The van der Waals surface area contributed by atoms with E-state index in [0.717, 1.165) is 48.2 Å². The van der Waals surface area contributed by atoms with Gasteiger partial charge in [-0.1, -0.05) is 24.3 Å². The summed E-state index contributed by atoms with van der Waals surface area (Å²) in [6.45, 7) is 3.43. The molecule has 31 heavy (non-hydrogen) atoms. The number of carbonyl (C=O) groups excluding carboxylic acids is 2. The quantitative estimate of drug-likeness (QED) is 0.589. The first-order valence-electron chi connectivity index (χ1n) is 10.6. The Bertz CT molecular complexity index is 1040. The number of nitrogens with zero attached hydrogens (tertiary/aromatic N) is 2. The fourth-order valence-corrected chi connectivity index (χ4v) is 3.92. The molecule has 0 bridgehead atoms. The molecule has 2 aromatic carbocycles. The highest BCUT2D eigenvalue weighted by Gasteiger charge is 2.27. The first-order chi connectivity index (χ1) is 15.1. The SMILES string of the molecule is CC(C(=O)Nc1cccc2ncccc12)N1CCC(NC(=O)Nc2ccccc2)CC1. The molecule has 0 spiro atoms. The van der Waals surface area contributed by atoms with Crippen molar-refractivity contribution in [3.63, 3.8) is 0 Å². The van der Waals surface area contributed by atoms with Crippen molar-refractivity contribution in [1.29, 1.82) is 0 Å². The highest BCUT2D eigenvalue weighted by atomic mass is 16.2. The number of likely N-dealkylation sites (tertiary alicyclic amines) is 1. The average Bonchev–Trinajstić information content (AvgIpc) is 2.80. The Morgan fingerprint density at radius 2 is 1.74 bits per heavy atom. The van der Waals surface area contributed by atoms with Gasteiger partial charge in [0.25, 0.3) is 0 Å². The molecule has 160 valence electrons. The maximum absolute atomic E-state index is 12.9. The predicted molar refractivity (Wildman–Crippen MR) is 123 cm³/mol. The van der Waals surface area contributed by atoms with Gasteiger partial charge in [-0.05, 0) is 56.2 Å². The molecule has 0 radical (unpaired) electrons. The molecule has 7 heteroatoms. The van der Waals surface area contributed by atoms with Crippen LogP contribution in [-0.2, 0) is 4.79 Å². The summed E-state index contributed by atoms with van der Waals surface area (Å²) in [4.78, 5) is 31.6. The summed E-state index contributed by atoms with van der Waals surface area (Å²) in [5.41, 5.74) is 2.40. The van der Waals surface area contributed by atoms with E-state index in [0.29, 0.717) is 0 Å². The highest BCUT2D eigenvalue weighted by molar-refractivity contribution is 6.02. The molecular weight excluding hydrogens is 390 g/mol. The third-order valence-electron chi connectivity index (χ3n) is 5.73. The summed E-state index contributed by atoms with van der Waals surface area (Å²) in [6, 6.07) is 18.6. The summed E-state index contributed by atoms with van der Waals surface area (Å²) < 4.78 is 0. The number of nitrogens with one attached hydrogen (secondary N) is 3. The fourth-order valence-electron chi connectivity index (χ4n) is 3.92. The lowest BCUT2D eigenvalue weighted by atomic mass is 10.0. The molecular formula is C24H27N5O2. The molecule has 2 heterocycles. The van der Waals surface area contributed by atoms with Crippen LogP contribution in [0.2, 0.25) is 0 Å². The molecule has 7 nitrogen and oxygen atoms in total. The summed E-state index contributed by atoms with van der Waals surface area (Å²) >= 11 is 0. The van der Waals surface area contributed by atoms with E-state index in [-0.39, 0.29) is 24.0 Å². The first-order valence-corrected chi connectivity index (χ1v) is 10.6. The number of anilines is 2. The number of amides is 3. The Morgan fingerprint density at radius 1 is 0.968 bits per heavy atom. The zero-order valence-electron chi connectivity index (χ0n) is 17.5. The monoisotopic (exact) mass is 417 g/mol. The highest BCUT2D eigenvalue weighted by Crippen LogP contribution is 2.22. The molecule has 3 N–H and O–H groups in total. The number of para-hydroxylation sites is 1. The predicted octanol–water partition coefficient (Wildman–Crippen LogP) is 3.85. The lowest BCUT2D eigenvalue weighted by Gasteiger charge is -2.35. The Kier molecular flexibility index (Phi) is 6.43. The van der Waals surface area contributed by atoms with Gasteiger partial charge in [0.05, 0.1) is 17.2 Å². The number of fused-ring (bicyclic) bond motifs is 1. The van der Waals surface area contributed by atoms with Crippen molar-refractivity contribution < 1.29 is 9.59 Å². The number of hydrogen-bond acceptors (Lipinski definition) is 4. The van der Waals surface area contributed by atoms with Crippen molar-refractivity contribution in [2.24, 2.45) is 0 Å². The van der Waals surface area contributed by atoms with Gasteiger partial charge in [-0.15, -0.1) is 0 Å². The van der Waals surface area contributed by atoms with Crippen molar-refractivity contribution in [3.05, 3.63) is 66.9 Å². The van der Waals surface area contributed by atoms with E-state index in [2.05, 4.69) is 25.8 Å². The molecule has 1 aliphatic rings. The van der Waals surface area contributed by atoms with Crippen molar-refractivity contribution in [3.8, 4) is 0 Å². The number of hydrogen-bond donors (Lipinski definition) is 3. The lowest BCUT2D eigenvalue weighted by molar-refractivity contribution is -0.121. The number of pyridine rings is 1. The van der Waals surface area contributed by atoms with Crippen LogP contribution in [0.5, 0.6) is 0 Å². The van der Waals surface area contributed by atoms with Crippen LogP contribution in [0.25, 0.3) is 10.9 Å². The minimum absolute atomic E-state index is 0.0374. The van der Waals surface area contributed by atoms with Gasteiger partial charge in [0.1, 0.15) is 0 Å². The number of piperidine rings is 1. The van der Waals surface area contributed by atoms with E-state index in [9.17, 15) is 9.59 Å². The summed E-state index contributed by atoms with van der Waals surface area (Å²) in [5.74, 6) is -0.0374. The number of carbonyl (C=O) groups is 2. The van der Waals surface area contributed by atoms with Gasteiger partial charge < -0.3 is 16.0 Å². The van der Waals surface area contributed by atoms with Crippen molar-refractivity contribution in [1.82, 2.24) is 15.2 Å². The number of aromatic nitrogens is 1. The van der Waals surface area contributed by atoms with E-state index in [4.69, 9.17) is 0 Å². The zero-order valence-corrected chi connectivity index (χ0v) is 17.5. The molecule has 0 aliphatic carbocycles. The van der Waals surface area contributed by atoms with Crippen LogP contribution in [0.15, 0.2) is 66.9 Å². The van der Waals surface area contributed by atoms with Crippen LogP contribution in [0.4, 0.5) is 16.2 Å². The standard InChI is InChI=1S/C24H27N5O2/c1-17(23(30)28-22-11-5-10-21-20(22)9-6-14-25-21)29-15-12-19(13-16-29)27-24(31)26-18-7-3-2-4-8-18/h2-11,14,17,19H,12-13,15-16H2,1H3,(H,28,30)(H2,26,27,31). The van der Waals surface area contributed by atoms with Gasteiger partial charge in [0.2, 0.25) is 5.91 Å². The van der Waals surface area contributed by atoms with E-state index in [1.54, 1.807) is 6.20 Å². The normalized spacial score (nSPS) is 15.9. The minimum Gasteiger partial charge on any atom is -0.335 e. The van der Waals surface area contributed by atoms with Crippen LogP contribution in [0.1, 0.15) is 19.8 Å². The number of benzene rings is 2. The van der Waals surface area contributed by atoms with Gasteiger partial charge in [-0.2, -0.15) is 0 Å². The Hall–Kier alpha value is -3.45. The molecule has 1 saturated heterocycles. The molecule has 1 atom stereocenters. The zero-order chi connectivity index (χ0) is 21.6. The van der Waals surface area contributed by atoms with Gasteiger partial charge in [-0.25, -0.2) is 4.79 Å². The lowest BCUT2D eigenvalue weighted by Crippen LogP contribution is -2.51. The molecule has 1 fully saturated rings. The first kappa shape index (κ1) is 20.8. The van der Waals surface area contributed by atoms with Crippen molar-refractivity contribution in [2.45, 2.75) is 31.8 Å². The topological polar surface area (TPSA) is 86.4 Å². The van der Waals surface area contributed by atoms with Crippen molar-refractivity contribution in [2.75, 3.05) is 23.7 Å². The average molecular weight is 418 g/mol. The van der Waals surface area contributed by atoms with E-state index < -0.39 is 0 Å². The smallest absolute Gasteiger partial charge is 0.319 e. The second-order valence-corrected chi connectivity index (χ2v) is 7.82. The summed E-state index contributed by atoms with van der Waals surface area (Å²) in [7, 11) is 0. The fraction of sp³-hybridized carbons (Fsp3) is 0.292. The van der Waals surface area contributed by atoms with Gasteiger partial charge in [-0.3, -0.25) is 14.7 Å². The summed E-state index contributed by atoms with van der Waals surface area (Å²) in [5, 5.41) is 9.86. The van der Waals surface area contributed by atoms with E-state index in [1.165, 1.54) is 0 Å². The van der Waals surface area contributed by atoms with Gasteiger partial charge >= 0.3 is 6.03 Å². The molecule has 1 unspecified atom stereocenters. The second-order valence-electron chi connectivity index (χ2n) is 7.82. The third-order valence-corrected chi connectivity index (χ3v) is 5.73. The second kappa shape index (κ2) is 9.57. The van der Waals surface area contributed by atoms with Crippen LogP contribution in [0, 0.1) is 0 Å². The van der Waals surface area contributed by atoms with Crippen LogP contribution >= 0.6 is 0 Å². The Labute approximate surface area is 181 Å². The Morgan fingerprint density at radius 3 is 2.52 bits per heavy atom. The third kappa shape index (κ3) is 5.19. The minimum atomic E-state index is -0.258. The van der Waals surface area contributed by atoms with Gasteiger partial charge in [0.15, 0.2) is 0 Å². The van der Waals surface area contributed by atoms with Crippen LogP contribution < -0.4 is 16.0 Å². The van der Waals surface area contributed by atoms with E-state index in [1.807, 2.05) is 67.6 Å². The molecule has 1 aliphatic heterocycles. The number of rotatable bonds is 5. The molecule has 3 aromatic rings. The van der Waals surface area contributed by atoms with Crippen LogP contribution in [-0.4, -0.2) is 47.0 Å². The largest absolute Gasteiger partial charge is 0.335 e. The van der Waals surface area contributed by atoms with Crippen LogP contribution in [0.3, 0.4) is 0 Å². The molecule has 0 saturated carbocycles. The summed E-state index contributed by atoms with van der Waals surface area (Å²) in [6.07, 6.45) is 3.35. The Balaban J connectivity index is 1.28. The molecule has 1 aromatic heterocycles. The van der Waals surface area contributed by atoms with E-state index >= 15 is 0 Å². The maximum Gasteiger partial charge on any atom is 0.319 e. The molecule has 4 rings (SSSR count).